The largest absolute Gasteiger partial charge is 0.496 e. The van der Waals surface area contributed by atoms with Gasteiger partial charge in [0.1, 0.15) is 5.75 Å². The molecule has 0 unspecified atom stereocenters. The molecule has 0 fully saturated rings. The van der Waals surface area contributed by atoms with Crippen molar-refractivity contribution >= 4 is 11.8 Å². The van der Waals surface area contributed by atoms with Crippen LogP contribution in [0.3, 0.4) is 0 Å². The molecule has 2 atom stereocenters. The second-order valence-electron chi connectivity index (χ2n) is 4.32. The molecule has 0 amide bonds. The molecule has 0 aliphatic heterocycles. The zero-order valence-electron chi connectivity index (χ0n) is 11.6. The van der Waals surface area contributed by atoms with E-state index in [0.717, 1.165) is 5.75 Å². The van der Waals surface area contributed by atoms with Gasteiger partial charge in [-0.3, -0.25) is 0 Å². The Morgan fingerprint density at radius 2 is 1.89 bits per heavy atom. The van der Waals surface area contributed by atoms with Crippen LogP contribution in [0.2, 0.25) is 0 Å². The molecule has 1 aromatic heterocycles. The molecule has 102 valence electrons. The fourth-order valence-electron chi connectivity index (χ4n) is 1.92. The second-order valence-corrected chi connectivity index (χ2v) is 6.01. The Hall–Kier alpha value is -1.49. The molecule has 0 aliphatic rings. The van der Waals surface area contributed by atoms with E-state index in [1.54, 1.807) is 25.8 Å². The summed E-state index contributed by atoms with van der Waals surface area (Å²) >= 11 is 1.77. The molecule has 1 heterocycles. The highest BCUT2D eigenvalue weighted by Crippen LogP contribution is 2.42. The first-order valence-corrected chi connectivity index (χ1v) is 7.14. The van der Waals surface area contributed by atoms with Gasteiger partial charge in [-0.1, -0.05) is 18.2 Å². The molecule has 0 aliphatic carbocycles. The minimum Gasteiger partial charge on any atom is -0.496 e. The monoisotopic (exact) mass is 278 g/mol. The number of hydrogen-bond acceptors (Lipinski definition) is 5. The zero-order chi connectivity index (χ0) is 13.8. The second kappa shape index (κ2) is 6.10. The molecular weight excluding hydrogens is 260 g/mol. The summed E-state index contributed by atoms with van der Waals surface area (Å²) in [6, 6.07) is 8.07. The van der Waals surface area contributed by atoms with Gasteiger partial charge in [-0.15, -0.1) is 22.0 Å². The summed E-state index contributed by atoms with van der Waals surface area (Å²) in [5.41, 5.74) is 1.18. The molecule has 4 nitrogen and oxygen atoms in total. The first kappa shape index (κ1) is 13.9. The molecule has 5 heteroatoms. The summed E-state index contributed by atoms with van der Waals surface area (Å²) < 4.78 is 10.9. The number of rotatable bonds is 5. The average molecular weight is 278 g/mol. The lowest BCUT2D eigenvalue weighted by Crippen LogP contribution is -1.97. The normalized spacial score (nSPS) is 14.1. The van der Waals surface area contributed by atoms with Crippen molar-refractivity contribution in [2.24, 2.45) is 0 Å². The Kier molecular flexibility index (Phi) is 4.47. The number of methoxy groups -OCH3 is 1. The van der Waals surface area contributed by atoms with E-state index in [1.165, 1.54) is 5.56 Å². The predicted octanol–water partition coefficient (Wildman–Crippen LogP) is 3.94. The van der Waals surface area contributed by atoms with Crippen molar-refractivity contribution in [2.75, 3.05) is 7.11 Å². The first-order valence-electron chi connectivity index (χ1n) is 6.20. The smallest absolute Gasteiger partial charge is 0.229 e. The van der Waals surface area contributed by atoms with Gasteiger partial charge in [0, 0.05) is 17.7 Å². The molecule has 0 saturated carbocycles. The van der Waals surface area contributed by atoms with Gasteiger partial charge in [-0.2, -0.15) is 0 Å². The number of nitrogens with zero attached hydrogens (tertiary/aromatic N) is 2. The lowest BCUT2D eigenvalue weighted by Gasteiger charge is -2.17. The minimum absolute atomic E-state index is 0.154. The number of ether oxygens (including phenoxy) is 1. The molecule has 0 bridgehead atoms. The van der Waals surface area contributed by atoms with Crippen LogP contribution in [0, 0.1) is 6.92 Å². The minimum atomic E-state index is 0.154. The van der Waals surface area contributed by atoms with Gasteiger partial charge in [0.05, 0.1) is 12.4 Å². The van der Waals surface area contributed by atoms with Crippen LogP contribution >= 0.6 is 11.8 Å². The van der Waals surface area contributed by atoms with Crippen LogP contribution in [0.15, 0.2) is 28.7 Å². The van der Waals surface area contributed by atoms with Crippen LogP contribution in [0.25, 0.3) is 0 Å². The van der Waals surface area contributed by atoms with Gasteiger partial charge in [-0.05, 0) is 19.9 Å². The van der Waals surface area contributed by atoms with Gasteiger partial charge in [-0.25, -0.2) is 0 Å². The fraction of sp³-hybridized carbons (Fsp3) is 0.429. The maximum absolute atomic E-state index is 5.46. The molecule has 19 heavy (non-hydrogen) atoms. The summed E-state index contributed by atoms with van der Waals surface area (Å²) in [6.45, 7) is 6.03. The van der Waals surface area contributed by atoms with E-state index < -0.39 is 0 Å². The third-order valence-electron chi connectivity index (χ3n) is 2.87. The third-order valence-corrected chi connectivity index (χ3v) is 4.15. The van der Waals surface area contributed by atoms with E-state index in [0.29, 0.717) is 17.0 Å². The highest BCUT2D eigenvalue weighted by molar-refractivity contribution is 7.99. The molecule has 0 N–H and O–H groups in total. The maximum Gasteiger partial charge on any atom is 0.229 e. The molecule has 0 saturated heterocycles. The van der Waals surface area contributed by atoms with Crippen molar-refractivity contribution in [3.63, 3.8) is 0 Å². The quantitative estimate of drug-likeness (QED) is 0.829. The van der Waals surface area contributed by atoms with Crippen LogP contribution in [0.5, 0.6) is 5.75 Å². The van der Waals surface area contributed by atoms with Gasteiger partial charge < -0.3 is 9.15 Å². The number of aryl methyl sites for hydroxylation is 1. The number of thioether (sulfide) groups is 1. The Morgan fingerprint density at radius 3 is 2.53 bits per heavy atom. The maximum atomic E-state index is 5.46. The van der Waals surface area contributed by atoms with E-state index in [9.17, 15) is 0 Å². The van der Waals surface area contributed by atoms with E-state index in [-0.39, 0.29) is 5.25 Å². The Labute approximate surface area is 117 Å². The van der Waals surface area contributed by atoms with Crippen molar-refractivity contribution < 1.29 is 9.15 Å². The molecule has 0 radical (unpaired) electrons. The lowest BCUT2D eigenvalue weighted by atomic mass is 10.1. The Balaban J connectivity index is 2.10. The predicted molar refractivity (Wildman–Crippen MR) is 76.5 cm³/mol. The topological polar surface area (TPSA) is 48.2 Å². The summed E-state index contributed by atoms with van der Waals surface area (Å²) in [4.78, 5) is 0. The summed E-state index contributed by atoms with van der Waals surface area (Å²) in [6.07, 6.45) is 0. The van der Waals surface area contributed by atoms with Crippen molar-refractivity contribution in [1.82, 2.24) is 10.2 Å². The van der Waals surface area contributed by atoms with Crippen molar-refractivity contribution in [3.8, 4) is 5.75 Å². The summed E-state index contributed by atoms with van der Waals surface area (Å²) in [7, 11) is 1.70. The number of hydrogen-bond donors (Lipinski definition) is 0. The van der Waals surface area contributed by atoms with Crippen molar-refractivity contribution in [3.05, 3.63) is 41.6 Å². The summed E-state index contributed by atoms with van der Waals surface area (Å²) in [5.74, 6) is 2.19. The van der Waals surface area contributed by atoms with E-state index in [4.69, 9.17) is 9.15 Å². The Morgan fingerprint density at radius 1 is 1.16 bits per heavy atom. The van der Waals surface area contributed by atoms with Crippen molar-refractivity contribution in [2.45, 2.75) is 31.3 Å². The van der Waals surface area contributed by atoms with Gasteiger partial charge in [0.15, 0.2) is 0 Å². The van der Waals surface area contributed by atoms with Crippen LogP contribution in [0.1, 0.15) is 41.7 Å². The number of aromatic nitrogens is 2. The average Bonchev–Trinajstić information content (AvgIpc) is 2.85. The molecule has 1 aromatic carbocycles. The molecule has 2 rings (SSSR count). The van der Waals surface area contributed by atoms with Crippen LogP contribution < -0.4 is 4.74 Å². The SMILES string of the molecule is COc1ccccc1[C@@H](C)S[C@@H](C)c1nnc(C)o1. The van der Waals surface area contributed by atoms with Gasteiger partial charge in [0.2, 0.25) is 11.8 Å². The lowest BCUT2D eigenvalue weighted by molar-refractivity contribution is 0.410. The number of benzene rings is 1. The van der Waals surface area contributed by atoms with Gasteiger partial charge >= 0.3 is 0 Å². The zero-order valence-corrected chi connectivity index (χ0v) is 12.4. The molecular formula is C14H18N2O2S. The van der Waals surface area contributed by atoms with E-state index >= 15 is 0 Å². The van der Waals surface area contributed by atoms with Crippen LogP contribution in [-0.2, 0) is 0 Å². The number of para-hydroxylation sites is 1. The van der Waals surface area contributed by atoms with Crippen LogP contribution in [-0.4, -0.2) is 17.3 Å². The third kappa shape index (κ3) is 3.29. The first-order chi connectivity index (χ1) is 9.11. The fourth-order valence-corrected chi connectivity index (χ4v) is 3.08. The molecule has 0 spiro atoms. The summed E-state index contributed by atoms with van der Waals surface area (Å²) in [5, 5.41) is 8.38. The van der Waals surface area contributed by atoms with E-state index in [2.05, 4.69) is 30.1 Å². The molecule has 2 aromatic rings. The standard InChI is InChI=1S/C14H18N2O2S/c1-9(12-7-5-6-8-13(12)17-4)19-10(2)14-16-15-11(3)18-14/h5-10H,1-4H3/t9-,10+/m1/s1. The van der Waals surface area contributed by atoms with E-state index in [1.807, 2.05) is 18.2 Å². The highest BCUT2D eigenvalue weighted by atomic mass is 32.2. The Bertz CT molecular complexity index is 542. The highest BCUT2D eigenvalue weighted by Gasteiger charge is 2.19. The van der Waals surface area contributed by atoms with Gasteiger partial charge in [0.25, 0.3) is 0 Å². The van der Waals surface area contributed by atoms with Crippen LogP contribution in [0.4, 0.5) is 0 Å². The van der Waals surface area contributed by atoms with Crippen molar-refractivity contribution in [1.29, 1.82) is 0 Å².